The van der Waals surface area contributed by atoms with Crippen molar-refractivity contribution in [2.24, 2.45) is 5.73 Å². The van der Waals surface area contributed by atoms with Gasteiger partial charge in [0.1, 0.15) is 16.4 Å². The SMILES string of the molecule is CCSC1CCC(NS(=O)(=O)c2cc(CN)oc2C)C1. The van der Waals surface area contributed by atoms with E-state index in [2.05, 4.69) is 11.6 Å². The number of nitrogens with one attached hydrogen (secondary N) is 1. The summed E-state index contributed by atoms with van der Waals surface area (Å²) in [5.74, 6) is 1.97. The van der Waals surface area contributed by atoms with Crippen molar-refractivity contribution in [1.29, 1.82) is 0 Å². The monoisotopic (exact) mass is 318 g/mol. The molecule has 0 radical (unpaired) electrons. The number of hydrogen-bond donors (Lipinski definition) is 2. The van der Waals surface area contributed by atoms with E-state index < -0.39 is 10.0 Å². The average Bonchev–Trinajstić information content (AvgIpc) is 2.96. The van der Waals surface area contributed by atoms with Crippen LogP contribution in [0.5, 0.6) is 0 Å². The van der Waals surface area contributed by atoms with Gasteiger partial charge in [-0.15, -0.1) is 0 Å². The van der Waals surface area contributed by atoms with E-state index in [4.69, 9.17) is 10.2 Å². The first-order chi connectivity index (χ1) is 9.46. The molecule has 7 heteroatoms. The Morgan fingerprint density at radius 3 is 2.85 bits per heavy atom. The van der Waals surface area contributed by atoms with Crippen LogP contribution in [0.3, 0.4) is 0 Å². The highest BCUT2D eigenvalue weighted by molar-refractivity contribution is 7.99. The highest BCUT2D eigenvalue weighted by Gasteiger charge is 2.30. The van der Waals surface area contributed by atoms with Gasteiger partial charge in [-0.05, 0) is 31.9 Å². The lowest BCUT2D eigenvalue weighted by molar-refractivity contribution is 0.477. The van der Waals surface area contributed by atoms with Crippen molar-refractivity contribution >= 4 is 21.8 Å². The van der Waals surface area contributed by atoms with Crippen LogP contribution >= 0.6 is 11.8 Å². The number of rotatable bonds is 6. The highest BCUT2D eigenvalue weighted by atomic mass is 32.2. The van der Waals surface area contributed by atoms with Gasteiger partial charge in [0.05, 0.1) is 6.54 Å². The summed E-state index contributed by atoms with van der Waals surface area (Å²) < 4.78 is 32.9. The first-order valence-corrected chi connectivity index (χ1v) is 9.42. The Labute approximate surface area is 124 Å². The number of nitrogens with two attached hydrogens (primary N) is 1. The van der Waals surface area contributed by atoms with E-state index in [0.717, 1.165) is 25.0 Å². The van der Waals surface area contributed by atoms with Crippen molar-refractivity contribution < 1.29 is 12.8 Å². The highest BCUT2D eigenvalue weighted by Crippen LogP contribution is 2.31. The van der Waals surface area contributed by atoms with Crippen molar-refractivity contribution in [3.8, 4) is 0 Å². The number of thioether (sulfide) groups is 1. The fourth-order valence-corrected chi connectivity index (χ4v) is 5.24. The van der Waals surface area contributed by atoms with Gasteiger partial charge in [-0.3, -0.25) is 0 Å². The molecule has 1 aliphatic carbocycles. The lowest BCUT2D eigenvalue weighted by Crippen LogP contribution is -2.33. The maximum absolute atomic E-state index is 12.4. The van der Waals surface area contributed by atoms with Crippen molar-refractivity contribution in [3.05, 3.63) is 17.6 Å². The van der Waals surface area contributed by atoms with Crippen molar-refractivity contribution in [3.63, 3.8) is 0 Å². The van der Waals surface area contributed by atoms with Crippen LogP contribution in [0.4, 0.5) is 0 Å². The minimum atomic E-state index is -3.51. The molecular formula is C13H22N2O3S2. The van der Waals surface area contributed by atoms with Gasteiger partial charge in [0, 0.05) is 17.4 Å². The zero-order chi connectivity index (χ0) is 14.8. The second-order valence-electron chi connectivity index (χ2n) is 5.05. The Morgan fingerprint density at radius 1 is 1.50 bits per heavy atom. The van der Waals surface area contributed by atoms with Crippen molar-refractivity contribution in [2.45, 2.75) is 55.8 Å². The molecule has 5 nitrogen and oxygen atoms in total. The minimum absolute atomic E-state index is 0.0275. The fraction of sp³-hybridized carbons (Fsp3) is 0.692. The second-order valence-corrected chi connectivity index (χ2v) is 8.31. The smallest absolute Gasteiger partial charge is 0.244 e. The minimum Gasteiger partial charge on any atom is -0.464 e. The van der Waals surface area contributed by atoms with Gasteiger partial charge in [0.15, 0.2) is 0 Å². The third kappa shape index (κ3) is 3.58. The summed E-state index contributed by atoms with van der Waals surface area (Å²) in [6, 6.07) is 1.55. The molecule has 0 aliphatic heterocycles. The molecule has 0 saturated heterocycles. The average molecular weight is 318 g/mol. The molecule has 1 heterocycles. The van der Waals surface area contributed by atoms with Crippen molar-refractivity contribution in [1.82, 2.24) is 4.72 Å². The summed E-state index contributed by atoms with van der Waals surface area (Å²) in [7, 11) is -3.51. The molecule has 0 spiro atoms. The normalized spacial score (nSPS) is 23.4. The van der Waals surface area contributed by atoms with E-state index in [0.29, 0.717) is 16.8 Å². The molecule has 2 rings (SSSR count). The molecule has 1 aromatic heterocycles. The van der Waals surface area contributed by atoms with Gasteiger partial charge in [-0.1, -0.05) is 6.92 Å². The maximum atomic E-state index is 12.4. The number of aryl methyl sites for hydroxylation is 1. The van der Waals surface area contributed by atoms with Crippen LogP contribution < -0.4 is 10.5 Å². The predicted molar refractivity (Wildman–Crippen MR) is 81.2 cm³/mol. The molecule has 3 N–H and O–H groups in total. The molecular weight excluding hydrogens is 296 g/mol. The van der Waals surface area contributed by atoms with Gasteiger partial charge in [0.2, 0.25) is 10.0 Å². The Hall–Kier alpha value is -0.500. The summed E-state index contributed by atoms with van der Waals surface area (Å²) >= 11 is 1.91. The van der Waals surface area contributed by atoms with Crippen LogP contribution in [0.15, 0.2) is 15.4 Å². The van der Waals surface area contributed by atoms with Crippen LogP contribution in [0, 0.1) is 6.92 Å². The molecule has 0 aromatic carbocycles. The van der Waals surface area contributed by atoms with E-state index >= 15 is 0 Å². The Kier molecular flexibility index (Phi) is 5.17. The summed E-state index contributed by atoms with van der Waals surface area (Å²) in [5, 5.41) is 0.567. The van der Waals surface area contributed by atoms with Crippen LogP contribution in [0.2, 0.25) is 0 Å². The zero-order valence-electron chi connectivity index (χ0n) is 11.9. The standard InChI is InChI=1S/C13H22N2O3S2/c1-3-19-12-5-4-10(6-12)15-20(16,17)13-7-11(8-14)18-9(13)2/h7,10,12,15H,3-6,8,14H2,1-2H3. The first-order valence-electron chi connectivity index (χ1n) is 6.89. The van der Waals surface area contributed by atoms with Gasteiger partial charge in [-0.2, -0.15) is 11.8 Å². The molecule has 0 amide bonds. The quantitative estimate of drug-likeness (QED) is 0.838. The molecule has 20 heavy (non-hydrogen) atoms. The molecule has 0 bridgehead atoms. The Bertz CT molecular complexity index is 554. The molecule has 1 fully saturated rings. The van der Waals surface area contributed by atoms with Gasteiger partial charge < -0.3 is 10.2 Å². The van der Waals surface area contributed by atoms with E-state index in [-0.39, 0.29) is 17.5 Å². The van der Waals surface area contributed by atoms with Crippen molar-refractivity contribution in [2.75, 3.05) is 5.75 Å². The van der Waals surface area contributed by atoms with E-state index in [1.54, 1.807) is 6.92 Å². The Morgan fingerprint density at radius 2 is 2.25 bits per heavy atom. The topological polar surface area (TPSA) is 85.3 Å². The number of furan rings is 1. The summed E-state index contributed by atoms with van der Waals surface area (Å²) in [4.78, 5) is 0.213. The first kappa shape index (κ1) is 15.9. The summed E-state index contributed by atoms with van der Waals surface area (Å²) in [6.45, 7) is 3.98. The van der Waals surface area contributed by atoms with Crippen LogP contribution in [-0.2, 0) is 16.6 Å². The number of hydrogen-bond acceptors (Lipinski definition) is 5. The zero-order valence-corrected chi connectivity index (χ0v) is 13.5. The molecule has 1 saturated carbocycles. The molecule has 114 valence electrons. The summed E-state index contributed by atoms with van der Waals surface area (Å²) in [5.41, 5.74) is 5.48. The summed E-state index contributed by atoms with van der Waals surface area (Å²) in [6.07, 6.45) is 2.88. The lowest BCUT2D eigenvalue weighted by atomic mass is 10.3. The number of sulfonamides is 1. The third-order valence-corrected chi connectivity index (χ3v) is 6.38. The second kappa shape index (κ2) is 6.51. The third-order valence-electron chi connectivity index (χ3n) is 3.52. The largest absolute Gasteiger partial charge is 0.464 e. The van der Waals surface area contributed by atoms with Gasteiger partial charge in [-0.25, -0.2) is 13.1 Å². The fourth-order valence-electron chi connectivity index (χ4n) is 2.61. The van der Waals surface area contributed by atoms with E-state index in [9.17, 15) is 8.42 Å². The van der Waals surface area contributed by atoms with E-state index in [1.165, 1.54) is 6.07 Å². The molecule has 2 unspecified atom stereocenters. The molecule has 1 aromatic rings. The van der Waals surface area contributed by atoms with Crippen LogP contribution in [0.25, 0.3) is 0 Å². The molecule has 1 aliphatic rings. The van der Waals surface area contributed by atoms with Gasteiger partial charge >= 0.3 is 0 Å². The van der Waals surface area contributed by atoms with Gasteiger partial charge in [0.25, 0.3) is 0 Å². The van der Waals surface area contributed by atoms with E-state index in [1.807, 2.05) is 11.8 Å². The molecule has 2 atom stereocenters. The Balaban J connectivity index is 2.06. The van der Waals surface area contributed by atoms with Crippen LogP contribution in [-0.4, -0.2) is 25.5 Å². The van der Waals surface area contributed by atoms with Crippen LogP contribution in [0.1, 0.15) is 37.7 Å². The lowest BCUT2D eigenvalue weighted by Gasteiger charge is -2.13. The maximum Gasteiger partial charge on any atom is 0.244 e. The predicted octanol–water partition coefficient (Wildman–Crippen LogP) is 2.00.